The van der Waals surface area contributed by atoms with Crippen molar-refractivity contribution < 1.29 is 4.74 Å². The number of hydrogen-bond acceptors (Lipinski definition) is 2. The topological polar surface area (TPSA) is 35.2 Å². The van der Waals surface area contributed by atoms with Gasteiger partial charge in [0, 0.05) is 12.0 Å². The molecular weight excluding hydrogens is 234 g/mol. The molecule has 0 bridgehead atoms. The molecule has 1 heterocycles. The second-order valence-electron chi connectivity index (χ2n) is 7.16. The molecule has 1 aromatic rings. The number of nitrogens with two attached hydrogens (primary N) is 1. The number of rotatable bonds is 2. The van der Waals surface area contributed by atoms with Crippen molar-refractivity contribution in [2.75, 3.05) is 0 Å². The molecule has 2 nitrogen and oxygen atoms in total. The molecule has 1 aromatic carbocycles. The summed E-state index contributed by atoms with van der Waals surface area (Å²) in [5.74, 6) is 0.350. The minimum Gasteiger partial charge on any atom is -0.369 e. The minimum absolute atomic E-state index is 0.0386. The molecule has 2 unspecified atom stereocenters. The molecule has 19 heavy (non-hydrogen) atoms. The molecule has 0 saturated carbocycles. The van der Waals surface area contributed by atoms with Gasteiger partial charge in [-0.2, -0.15) is 0 Å². The van der Waals surface area contributed by atoms with E-state index in [2.05, 4.69) is 59.7 Å². The van der Waals surface area contributed by atoms with Crippen LogP contribution >= 0.6 is 0 Å². The van der Waals surface area contributed by atoms with Crippen molar-refractivity contribution in [3.05, 3.63) is 34.9 Å². The van der Waals surface area contributed by atoms with Crippen molar-refractivity contribution in [1.29, 1.82) is 0 Å². The summed E-state index contributed by atoms with van der Waals surface area (Å²) in [5, 5.41) is 0. The predicted octanol–water partition coefficient (Wildman–Crippen LogP) is 3.90. The van der Waals surface area contributed by atoms with Gasteiger partial charge in [0.1, 0.15) is 0 Å². The van der Waals surface area contributed by atoms with Crippen LogP contribution in [0.2, 0.25) is 0 Å². The second-order valence-corrected chi connectivity index (χ2v) is 7.16. The fourth-order valence-corrected chi connectivity index (χ4v) is 3.50. The lowest BCUT2D eigenvalue weighted by atomic mass is 9.78. The zero-order chi connectivity index (χ0) is 14.4. The van der Waals surface area contributed by atoms with Gasteiger partial charge in [-0.3, -0.25) is 0 Å². The highest BCUT2D eigenvalue weighted by atomic mass is 16.5. The first-order valence-corrected chi connectivity index (χ1v) is 7.15. The standard InChI is InChI=1S/C17H27NO/c1-11-7-8-12(2)13(9-11)15(18)14-10-16(3,4)19-17(14,5)6/h7-9,14-15H,10,18H2,1-6H3. The van der Waals surface area contributed by atoms with Gasteiger partial charge < -0.3 is 10.5 Å². The molecule has 1 aliphatic rings. The third-order valence-corrected chi connectivity index (χ3v) is 4.37. The molecule has 1 aliphatic heterocycles. The van der Waals surface area contributed by atoms with Crippen LogP contribution in [0, 0.1) is 19.8 Å². The molecule has 1 saturated heterocycles. The van der Waals surface area contributed by atoms with Crippen LogP contribution in [-0.2, 0) is 4.74 Å². The van der Waals surface area contributed by atoms with Crippen molar-refractivity contribution in [2.45, 2.75) is 65.2 Å². The van der Waals surface area contributed by atoms with Gasteiger partial charge in [-0.25, -0.2) is 0 Å². The first-order valence-electron chi connectivity index (χ1n) is 7.15. The Bertz CT molecular complexity index is 476. The van der Waals surface area contributed by atoms with E-state index in [-0.39, 0.29) is 17.2 Å². The summed E-state index contributed by atoms with van der Waals surface area (Å²) >= 11 is 0. The van der Waals surface area contributed by atoms with E-state index in [1.807, 2.05) is 0 Å². The van der Waals surface area contributed by atoms with Crippen LogP contribution < -0.4 is 5.73 Å². The van der Waals surface area contributed by atoms with Crippen molar-refractivity contribution >= 4 is 0 Å². The summed E-state index contributed by atoms with van der Waals surface area (Å²) in [4.78, 5) is 0. The van der Waals surface area contributed by atoms with Gasteiger partial charge >= 0.3 is 0 Å². The first-order chi connectivity index (χ1) is 8.62. The van der Waals surface area contributed by atoms with Gasteiger partial charge in [0.15, 0.2) is 0 Å². The van der Waals surface area contributed by atoms with E-state index in [4.69, 9.17) is 10.5 Å². The number of benzene rings is 1. The van der Waals surface area contributed by atoms with Crippen LogP contribution in [0.5, 0.6) is 0 Å². The van der Waals surface area contributed by atoms with Crippen molar-refractivity contribution in [2.24, 2.45) is 11.7 Å². The average molecular weight is 261 g/mol. The van der Waals surface area contributed by atoms with E-state index in [1.54, 1.807) is 0 Å². The zero-order valence-electron chi connectivity index (χ0n) is 13.1. The van der Waals surface area contributed by atoms with Gasteiger partial charge in [0.2, 0.25) is 0 Å². The quantitative estimate of drug-likeness (QED) is 0.876. The Morgan fingerprint density at radius 1 is 1.21 bits per heavy atom. The highest BCUT2D eigenvalue weighted by Crippen LogP contribution is 2.47. The summed E-state index contributed by atoms with van der Waals surface area (Å²) in [7, 11) is 0. The number of ether oxygens (including phenoxy) is 1. The maximum atomic E-state index is 6.59. The van der Waals surface area contributed by atoms with E-state index in [9.17, 15) is 0 Å². The molecular formula is C17H27NO. The van der Waals surface area contributed by atoms with Crippen LogP contribution in [0.4, 0.5) is 0 Å². The van der Waals surface area contributed by atoms with Crippen LogP contribution in [0.3, 0.4) is 0 Å². The average Bonchev–Trinajstić information content (AvgIpc) is 2.49. The van der Waals surface area contributed by atoms with Gasteiger partial charge in [0.25, 0.3) is 0 Å². The molecule has 2 N–H and O–H groups in total. The highest BCUT2D eigenvalue weighted by Gasteiger charge is 2.48. The SMILES string of the molecule is Cc1ccc(C)c(C(N)C2CC(C)(C)OC2(C)C)c1. The molecule has 0 amide bonds. The van der Waals surface area contributed by atoms with E-state index < -0.39 is 0 Å². The van der Waals surface area contributed by atoms with Crippen LogP contribution in [0.15, 0.2) is 18.2 Å². The Morgan fingerprint density at radius 3 is 2.37 bits per heavy atom. The van der Waals surface area contributed by atoms with Crippen molar-refractivity contribution in [3.63, 3.8) is 0 Å². The Labute approximate surface area is 117 Å². The molecule has 106 valence electrons. The van der Waals surface area contributed by atoms with Gasteiger partial charge in [-0.05, 0) is 59.1 Å². The van der Waals surface area contributed by atoms with Crippen molar-refractivity contribution in [3.8, 4) is 0 Å². The molecule has 0 aromatic heterocycles. The lowest BCUT2D eigenvalue weighted by Crippen LogP contribution is -2.36. The van der Waals surface area contributed by atoms with E-state index in [0.29, 0.717) is 5.92 Å². The van der Waals surface area contributed by atoms with Crippen LogP contribution in [0.1, 0.15) is 56.8 Å². The fourth-order valence-electron chi connectivity index (χ4n) is 3.50. The Morgan fingerprint density at radius 2 is 1.84 bits per heavy atom. The minimum atomic E-state index is -0.168. The largest absolute Gasteiger partial charge is 0.369 e. The highest BCUT2D eigenvalue weighted by molar-refractivity contribution is 5.34. The lowest BCUT2D eigenvalue weighted by Gasteiger charge is -2.32. The summed E-state index contributed by atoms with van der Waals surface area (Å²) < 4.78 is 6.18. The third-order valence-electron chi connectivity index (χ3n) is 4.37. The summed E-state index contributed by atoms with van der Waals surface area (Å²) in [5.41, 5.74) is 10.1. The van der Waals surface area contributed by atoms with Gasteiger partial charge in [-0.1, -0.05) is 23.8 Å². The van der Waals surface area contributed by atoms with Crippen LogP contribution in [0.25, 0.3) is 0 Å². The van der Waals surface area contributed by atoms with Crippen molar-refractivity contribution in [1.82, 2.24) is 0 Å². The number of hydrogen-bond donors (Lipinski definition) is 1. The van der Waals surface area contributed by atoms with Crippen LogP contribution in [-0.4, -0.2) is 11.2 Å². The molecule has 0 radical (unpaired) electrons. The zero-order valence-corrected chi connectivity index (χ0v) is 13.1. The fraction of sp³-hybridized carbons (Fsp3) is 0.647. The molecule has 2 atom stereocenters. The third kappa shape index (κ3) is 2.85. The van der Waals surface area contributed by atoms with E-state index in [1.165, 1.54) is 16.7 Å². The maximum Gasteiger partial charge on any atom is 0.0680 e. The first kappa shape index (κ1) is 14.5. The van der Waals surface area contributed by atoms with Gasteiger partial charge in [0.05, 0.1) is 11.2 Å². The summed E-state index contributed by atoms with van der Waals surface area (Å²) in [6.45, 7) is 12.9. The van der Waals surface area contributed by atoms with Gasteiger partial charge in [-0.15, -0.1) is 0 Å². The Hall–Kier alpha value is -0.860. The summed E-state index contributed by atoms with van der Waals surface area (Å²) in [6.07, 6.45) is 1.01. The molecule has 0 spiro atoms. The number of aryl methyl sites for hydroxylation is 2. The predicted molar refractivity (Wildman–Crippen MR) is 80.2 cm³/mol. The normalized spacial score (nSPS) is 26.4. The summed E-state index contributed by atoms with van der Waals surface area (Å²) in [6, 6.07) is 6.57. The monoisotopic (exact) mass is 261 g/mol. The molecule has 1 fully saturated rings. The Kier molecular flexibility index (Phi) is 3.53. The maximum absolute atomic E-state index is 6.59. The lowest BCUT2D eigenvalue weighted by molar-refractivity contribution is -0.0767. The Balaban J connectivity index is 2.34. The van der Waals surface area contributed by atoms with E-state index >= 15 is 0 Å². The second kappa shape index (κ2) is 4.60. The molecule has 0 aliphatic carbocycles. The smallest absolute Gasteiger partial charge is 0.0680 e. The van der Waals surface area contributed by atoms with E-state index in [0.717, 1.165) is 6.42 Å². The molecule has 2 heteroatoms. The molecule has 2 rings (SSSR count).